The van der Waals surface area contributed by atoms with Gasteiger partial charge in [-0.2, -0.15) is 0 Å². The molecule has 0 radical (unpaired) electrons. The summed E-state index contributed by atoms with van der Waals surface area (Å²) in [6.07, 6.45) is 5.07. The van der Waals surface area contributed by atoms with Crippen LogP contribution in [0, 0.1) is 0 Å². The molecule has 2 amide bonds. The molecule has 4 rings (SSSR count). The van der Waals surface area contributed by atoms with E-state index in [2.05, 4.69) is 10.2 Å². The van der Waals surface area contributed by atoms with Crippen molar-refractivity contribution in [3.05, 3.63) is 35.9 Å². The van der Waals surface area contributed by atoms with Gasteiger partial charge < -0.3 is 15.0 Å². The predicted molar refractivity (Wildman–Crippen MR) is 103 cm³/mol. The average Bonchev–Trinajstić information content (AvgIpc) is 3.25. The zero-order chi connectivity index (χ0) is 18.8. The number of amides is 2. The lowest BCUT2D eigenvalue weighted by molar-refractivity contribution is 0.0462. The van der Waals surface area contributed by atoms with Crippen molar-refractivity contribution >= 4 is 12.0 Å². The highest BCUT2D eigenvalue weighted by Gasteiger charge is 2.46. The second-order valence-electron chi connectivity index (χ2n) is 7.94. The first kappa shape index (κ1) is 18.3. The van der Waals surface area contributed by atoms with Crippen LogP contribution in [0.4, 0.5) is 4.79 Å². The Balaban J connectivity index is 1.31. The van der Waals surface area contributed by atoms with Crippen LogP contribution in [0.2, 0.25) is 0 Å². The molecule has 6 heteroatoms. The van der Waals surface area contributed by atoms with Crippen LogP contribution in [-0.4, -0.2) is 65.7 Å². The largest absolute Gasteiger partial charge is 0.450 e. The van der Waals surface area contributed by atoms with E-state index >= 15 is 0 Å². The summed E-state index contributed by atoms with van der Waals surface area (Å²) in [5, 5.41) is 3.18. The van der Waals surface area contributed by atoms with Crippen molar-refractivity contribution in [1.29, 1.82) is 0 Å². The van der Waals surface area contributed by atoms with Crippen molar-refractivity contribution in [2.75, 3.05) is 19.7 Å². The minimum atomic E-state index is -0.141. The number of nitrogens with zero attached hydrogens (tertiary/aromatic N) is 2. The third kappa shape index (κ3) is 3.81. The molecule has 3 heterocycles. The molecule has 1 aromatic rings. The molecule has 0 spiro atoms. The third-order valence-electron chi connectivity index (χ3n) is 6.29. The highest BCUT2D eigenvalue weighted by Crippen LogP contribution is 2.38. The number of hydrogen-bond donors (Lipinski definition) is 1. The Morgan fingerprint density at radius 3 is 2.44 bits per heavy atom. The number of piperidine rings is 1. The molecule has 27 heavy (non-hydrogen) atoms. The first-order valence-electron chi connectivity index (χ1n) is 10.2. The Hall–Kier alpha value is -2.08. The van der Waals surface area contributed by atoms with E-state index in [1.807, 2.05) is 42.2 Å². The summed E-state index contributed by atoms with van der Waals surface area (Å²) in [4.78, 5) is 29.1. The number of hydrogen-bond acceptors (Lipinski definition) is 4. The average molecular weight is 371 g/mol. The van der Waals surface area contributed by atoms with Gasteiger partial charge in [-0.3, -0.25) is 9.69 Å². The Morgan fingerprint density at radius 1 is 1.07 bits per heavy atom. The zero-order valence-electron chi connectivity index (χ0n) is 16.0. The van der Waals surface area contributed by atoms with Crippen molar-refractivity contribution in [3.63, 3.8) is 0 Å². The maximum absolute atomic E-state index is 12.4. The van der Waals surface area contributed by atoms with Crippen LogP contribution in [0.5, 0.6) is 0 Å². The molecule has 3 aliphatic heterocycles. The summed E-state index contributed by atoms with van der Waals surface area (Å²) >= 11 is 0. The number of likely N-dealkylation sites (tertiary alicyclic amines) is 1. The normalized spacial score (nSPS) is 30.3. The van der Waals surface area contributed by atoms with Crippen LogP contribution in [0.15, 0.2) is 30.3 Å². The quantitative estimate of drug-likeness (QED) is 0.884. The van der Waals surface area contributed by atoms with E-state index in [1.54, 1.807) is 0 Å². The Bertz CT molecular complexity index is 667. The van der Waals surface area contributed by atoms with E-state index < -0.39 is 0 Å². The van der Waals surface area contributed by atoms with Gasteiger partial charge in [0.05, 0.1) is 6.61 Å². The lowest BCUT2D eigenvalue weighted by Gasteiger charge is -2.41. The van der Waals surface area contributed by atoms with Gasteiger partial charge in [0.25, 0.3) is 5.91 Å². The molecule has 3 fully saturated rings. The van der Waals surface area contributed by atoms with Crippen LogP contribution >= 0.6 is 0 Å². The second kappa shape index (κ2) is 7.89. The summed E-state index contributed by atoms with van der Waals surface area (Å²) in [5.74, 6) is 0.0136. The number of rotatable bonds is 4. The molecule has 0 aliphatic carbocycles. The molecular formula is C21H29N3O3. The summed E-state index contributed by atoms with van der Waals surface area (Å²) in [6, 6.07) is 10.7. The second-order valence-corrected chi connectivity index (χ2v) is 7.94. The van der Waals surface area contributed by atoms with Gasteiger partial charge in [-0.25, -0.2) is 4.79 Å². The summed E-state index contributed by atoms with van der Waals surface area (Å²) < 4.78 is 5.25. The molecule has 6 nitrogen and oxygen atoms in total. The van der Waals surface area contributed by atoms with Crippen LogP contribution in [0.25, 0.3) is 0 Å². The molecule has 3 aliphatic rings. The number of fused-ring (bicyclic) bond motifs is 2. The first-order chi connectivity index (χ1) is 13.2. The van der Waals surface area contributed by atoms with Crippen molar-refractivity contribution in [3.8, 4) is 0 Å². The molecule has 1 N–H and O–H groups in total. The molecule has 146 valence electrons. The van der Waals surface area contributed by atoms with E-state index in [0.717, 1.165) is 50.8 Å². The zero-order valence-corrected chi connectivity index (χ0v) is 16.0. The van der Waals surface area contributed by atoms with Gasteiger partial charge >= 0.3 is 6.09 Å². The maximum Gasteiger partial charge on any atom is 0.410 e. The third-order valence-corrected chi connectivity index (χ3v) is 6.29. The summed E-state index contributed by atoms with van der Waals surface area (Å²) in [7, 11) is 0. The number of carbonyl (C=O) groups is 2. The number of ether oxygens (including phenoxy) is 1. The van der Waals surface area contributed by atoms with E-state index in [0.29, 0.717) is 24.7 Å². The van der Waals surface area contributed by atoms with Gasteiger partial charge in [0.2, 0.25) is 0 Å². The standard InChI is InChI=1S/C21H29N3O3/c1-2-27-21(26)24-17-8-9-18(24)13-19(12-17)23-11-10-16(14-23)22-20(25)15-6-4-3-5-7-15/h3-7,16-19H,2,8-14H2,1H3,(H,22,25)/t16-,17?,18?,19?/m1/s1. The fraction of sp³-hybridized carbons (Fsp3) is 0.619. The summed E-state index contributed by atoms with van der Waals surface area (Å²) in [6.45, 7) is 4.22. The number of benzene rings is 1. The Labute approximate surface area is 160 Å². The van der Waals surface area contributed by atoms with Gasteiger partial charge in [-0.05, 0) is 51.2 Å². The molecule has 0 saturated carbocycles. The van der Waals surface area contributed by atoms with E-state index in [4.69, 9.17) is 4.74 Å². The van der Waals surface area contributed by atoms with Crippen molar-refractivity contribution in [2.45, 2.75) is 63.2 Å². The molecule has 3 saturated heterocycles. The Kier molecular flexibility index (Phi) is 5.34. The first-order valence-corrected chi connectivity index (χ1v) is 10.2. The van der Waals surface area contributed by atoms with Gasteiger partial charge in [0.15, 0.2) is 0 Å². The molecule has 0 aromatic heterocycles. The number of nitrogens with one attached hydrogen (secondary N) is 1. The van der Waals surface area contributed by atoms with Crippen LogP contribution < -0.4 is 5.32 Å². The topological polar surface area (TPSA) is 61.9 Å². The minimum Gasteiger partial charge on any atom is -0.450 e. The highest BCUT2D eigenvalue weighted by molar-refractivity contribution is 5.94. The lowest BCUT2D eigenvalue weighted by atomic mass is 9.96. The number of carbonyl (C=O) groups excluding carboxylic acids is 2. The van der Waals surface area contributed by atoms with Gasteiger partial charge in [-0.15, -0.1) is 0 Å². The highest BCUT2D eigenvalue weighted by atomic mass is 16.6. The van der Waals surface area contributed by atoms with E-state index in [9.17, 15) is 9.59 Å². The van der Waals surface area contributed by atoms with Gasteiger partial charge in [0, 0.05) is 42.8 Å². The smallest absolute Gasteiger partial charge is 0.410 e. The molecule has 2 bridgehead atoms. The van der Waals surface area contributed by atoms with Gasteiger partial charge in [0.1, 0.15) is 0 Å². The van der Waals surface area contributed by atoms with Crippen LogP contribution in [-0.2, 0) is 4.74 Å². The van der Waals surface area contributed by atoms with Crippen molar-refractivity contribution in [1.82, 2.24) is 15.1 Å². The van der Waals surface area contributed by atoms with Crippen LogP contribution in [0.3, 0.4) is 0 Å². The molecule has 3 atom stereocenters. The molecule has 1 aromatic carbocycles. The van der Waals surface area contributed by atoms with Crippen molar-refractivity contribution < 1.29 is 14.3 Å². The monoisotopic (exact) mass is 371 g/mol. The van der Waals surface area contributed by atoms with E-state index in [1.165, 1.54) is 0 Å². The predicted octanol–water partition coefficient (Wildman–Crippen LogP) is 2.64. The molecule has 2 unspecified atom stereocenters. The SMILES string of the molecule is CCOC(=O)N1C2CCC1CC(N1CC[C@@H](NC(=O)c3ccccc3)C1)C2. The fourth-order valence-corrected chi connectivity index (χ4v) is 5.04. The summed E-state index contributed by atoms with van der Waals surface area (Å²) in [5.41, 5.74) is 0.719. The maximum atomic E-state index is 12.4. The van der Waals surface area contributed by atoms with Crippen LogP contribution in [0.1, 0.15) is 49.4 Å². The van der Waals surface area contributed by atoms with E-state index in [-0.39, 0.29) is 18.0 Å². The minimum absolute atomic E-state index is 0.0136. The van der Waals surface area contributed by atoms with Gasteiger partial charge in [-0.1, -0.05) is 18.2 Å². The lowest BCUT2D eigenvalue weighted by Crippen LogP contribution is -2.52. The fourth-order valence-electron chi connectivity index (χ4n) is 5.04. The Morgan fingerprint density at radius 2 is 1.78 bits per heavy atom. The molecular weight excluding hydrogens is 342 g/mol. The van der Waals surface area contributed by atoms with Crippen molar-refractivity contribution in [2.24, 2.45) is 0 Å².